The summed E-state index contributed by atoms with van der Waals surface area (Å²) in [6.07, 6.45) is 7.71. The second-order valence-electron chi connectivity index (χ2n) is 6.01. The predicted octanol–water partition coefficient (Wildman–Crippen LogP) is 2.73. The zero-order valence-corrected chi connectivity index (χ0v) is 12.7. The van der Waals surface area contributed by atoms with Crippen LogP contribution in [0.4, 0.5) is 0 Å². The van der Waals surface area contributed by atoms with Gasteiger partial charge >= 0.3 is 0 Å². The highest BCUT2D eigenvalue weighted by Crippen LogP contribution is 2.35. The molecule has 0 radical (unpaired) electrons. The van der Waals surface area contributed by atoms with E-state index < -0.39 is 0 Å². The lowest BCUT2D eigenvalue weighted by Gasteiger charge is -2.36. The molecular weight excluding hydrogens is 236 g/mol. The van der Waals surface area contributed by atoms with E-state index >= 15 is 0 Å². The largest absolute Gasteiger partial charge is 0.331 e. The molecule has 0 aromatic carbocycles. The molecule has 0 aliphatic carbocycles. The van der Waals surface area contributed by atoms with Gasteiger partial charge in [-0.1, -0.05) is 6.92 Å². The molecule has 0 amide bonds. The molecule has 1 aliphatic rings. The topological polar surface area (TPSA) is 47.1 Å². The van der Waals surface area contributed by atoms with Crippen molar-refractivity contribution in [3.8, 4) is 0 Å². The van der Waals surface area contributed by atoms with Crippen LogP contribution in [0.3, 0.4) is 0 Å². The summed E-state index contributed by atoms with van der Waals surface area (Å²) in [7, 11) is 0. The van der Waals surface area contributed by atoms with Gasteiger partial charge in [0.2, 0.25) is 0 Å². The Morgan fingerprint density at radius 3 is 2.74 bits per heavy atom. The van der Waals surface area contributed by atoms with Gasteiger partial charge in [-0.3, -0.25) is 4.90 Å². The fraction of sp³-hybridized carbons (Fsp3) is 0.800. The lowest BCUT2D eigenvalue weighted by Crippen LogP contribution is -2.42. The third kappa shape index (κ3) is 2.70. The van der Waals surface area contributed by atoms with E-state index in [2.05, 4.69) is 42.1 Å². The van der Waals surface area contributed by atoms with Crippen molar-refractivity contribution in [3.05, 3.63) is 18.2 Å². The maximum absolute atomic E-state index is 6.11. The van der Waals surface area contributed by atoms with Crippen LogP contribution in [0.15, 0.2) is 12.5 Å². The minimum atomic E-state index is 0.298. The predicted molar refractivity (Wildman–Crippen MR) is 79.0 cm³/mol. The van der Waals surface area contributed by atoms with E-state index in [0.717, 1.165) is 0 Å². The van der Waals surface area contributed by atoms with Crippen molar-refractivity contribution < 1.29 is 0 Å². The molecule has 4 nitrogen and oxygen atoms in total. The number of nitrogens with two attached hydrogens (primary N) is 1. The highest BCUT2D eigenvalue weighted by atomic mass is 15.3. The average molecular weight is 264 g/mol. The molecule has 0 bridgehead atoms. The smallest absolute Gasteiger partial charge is 0.0951 e. The summed E-state index contributed by atoms with van der Waals surface area (Å²) in [5.74, 6) is 0. The Balaban J connectivity index is 2.30. The number of hydrogen-bond donors (Lipinski definition) is 1. The number of imidazole rings is 1. The number of aromatic nitrogens is 2. The minimum Gasteiger partial charge on any atom is -0.331 e. The highest BCUT2D eigenvalue weighted by Gasteiger charge is 2.36. The zero-order valence-electron chi connectivity index (χ0n) is 12.7. The number of hydrogen-bond acceptors (Lipinski definition) is 3. The van der Waals surface area contributed by atoms with Crippen LogP contribution in [0.5, 0.6) is 0 Å². The number of rotatable bonds is 5. The van der Waals surface area contributed by atoms with Crippen LogP contribution >= 0.6 is 0 Å². The van der Waals surface area contributed by atoms with Crippen LogP contribution < -0.4 is 5.73 Å². The first-order valence-electron chi connectivity index (χ1n) is 7.59. The van der Waals surface area contributed by atoms with Crippen LogP contribution in [0.25, 0.3) is 0 Å². The maximum atomic E-state index is 6.11. The SMILES string of the molecule is CCC1CCC(C)N1C(CN)c1cncn1C(C)C. The summed E-state index contributed by atoms with van der Waals surface area (Å²) >= 11 is 0. The van der Waals surface area contributed by atoms with Gasteiger partial charge in [0.05, 0.1) is 18.1 Å². The Labute approximate surface area is 117 Å². The second-order valence-corrected chi connectivity index (χ2v) is 6.01. The van der Waals surface area contributed by atoms with Gasteiger partial charge in [0.1, 0.15) is 0 Å². The number of nitrogens with zero attached hydrogens (tertiary/aromatic N) is 3. The van der Waals surface area contributed by atoms with Crippen molar-refractivity contribution in [1.82, 2.24) is 14.5 Å². The molecule has 4 heteroatoms. The van der Waals surface area contributed by atoms with Crippen LogP contribution in [-0.2, 0) is 0 Å². The van der Waals surface area contributed by atoms with Crippen LogP contribution in [0.1, 0.15) is 64.7 Å². The highest BCUT2D eigenvalue weighted by molar-refractivity contribution is 5.10. The van der Waals surface area contributed by atoms with Crippen LogP contribution in [0.2, 0.25) is 0 Å². The molecule has 0 saturated carbocycles. The van der Waals surface area contributed by atoms with E-state index in [1.165, 1.54) is 25.0 Å². The van der Waals surface area contributed by atoms with Crippen molar-refractivity contribution in [1.29, 1.82) is 0 Å². The van der Waals surface area contributed by atoms with Gasteiger partial charge in [0.25, 0.3) is 0 Å². The third-order valence-corrected chi connectivity index (χ3v) is 4.50. The first-order valence-corrected chi connectivity index (χ1v) is 7.59. The number of likely N-dealkylation sites (tertiary alicyclic amines) is 1. The molecule has 19 heavy (non-hydrogen) atoms. The van der Waals surface area contributed by atoms with Crippen molar-refractivity contribution in [2.75, 3.05) is 6.54 Å². The Morgan fingerprint density at radius 2 is 2.16 bits per heavy atom. The van der Waals surface area contributed by atoms with E-state index in [9.17, 15) is 0 Å². The standard InChI is InChI=1S/C15H28N4/c1-5-13-7-6-12(4)19(13)14(8-16)15-9-17-10-18(15)11(2)3/h9-14H,5-8,16H2,1-4H3. The molecule has 2 heterocycles. The Morgan fingerprint density at radius 1 is 1.42 bits per heavy atom. The second kappa shape index (κ2) is 6.06. The first kappa shape index (κ1) is 14.5. The molecular formula is C15H28N4. The van der Waals surface area contributed by atoms with E-state index in [1.54, 1.807) is 0 Å². The molecule has 1 saturated heterocycles. The van der Waals surface area contributed by atoms with Gasteiger partial charge in [-0.05, 0) is 40.0 Å². The van der Waals surface area contributed by atoms with Crippen molar-refractivity contribution in [3.63, 3.8) is 0 Å². The zero-order chi connectivity index (χ0) is 14.0. The van der Waals surface area contributed by atoms with Crippen LogP contribution in [-0.4, -0.2) is 33.1 Å². The summed E-state index contributed by atoms with van der Waals surface area (Å²) in [6, 6.07) is 2.02. The van der Waals surface area contributed by atoms with Crippen molar-refractivity contribution in [2.45, 2.75) is 71.1 Å². The lowest BCUT2D eigenvalue weighted by molar-refractivity contribution is 0.130. The van der Waals surface area contributed by atoms with Gasteiger partial charge in [0.15, 0.2) is 0 Å². The molecule has 2 N–H and O–H groups in total. The van der Waals surface area contributed by atoms with Gasteiger partial charge < -0.3 is 10.3 Å². The van der Waals surface area contributed by atoms with E-state index in [1.807, 2.05) is 12.5 Å². The van der Waals surface area contributed by atoms with E-state index in [0.29, 0.717) is 30.7 Å². The van der Waals surface area contributed by atoms with Crippen molar-refractivity contribution >= 4 is 0 Å². The molecule has 108 valence electrons. The fourth-order valence-electron chi connectivity index (χ4n) is 3.47. The van der Waals surface area contributed by atoms with Crippen molar-refractivity contribution in [2.24, 2.45) is 5.73 Å². The summed E-state index contributed by atoms with van der Waals surface area (Å²) in [5, 5.41) is 0. The molecule has 1 aromatic rings. The Hall–Kier alpha value is -0.870. The molecule has 3 atom stereocenters. The first-order chi connectivity index (χ1) is 9.10. The van der Waals surface area contributed by atoms with Crippen LogP contribution in [0, 0.1) is 0 Å². The fourth-order valence-corrected chi connectivity index (χ4v) is 3.47. The van der Waals surface area contributed by atoms with E-state index in [-0.39, 0.29) is 0 Å². The summed E-state index contributed by atoms with van der Waals surface area (Å²) in [5.41, 5.74) is 7.38. The lowest BCUT2D eigenvalue weighted by atomic mass is 10.1. The van der Waals surface area contributed by atoms with Gasteiger partial charge in [-0.2, -0.15) is 0 Å². The Kier molecular flexibility index (Phi) is 4.63. The monoisotopic (exact) mass is 264 g/mol. The van der Waals surface area contributed by atoms with Gasteiger partial charge in [-0.15, -0.1) is 0 Å². The molecule has 1 aliphatic heterocycles. The maximum Gasteiger partial charge on any atom is 0.0951 e. The minimum absolute atomic E-state index is 0.298. The quantitative estimate of drug-likeness (QED) is 0.889. The van der Waals surface area contributed by atoms with Gasteiger partial charge in [0, 0.05) is 30.9 Å². The molecule has 1 fully saturated rings. The summed E-state index contributed by atoms with van der Waals surface area (Å²) in [4.78, 5) is 6.96. The van der Waals surface area contributed by atoms with Gasteiger partial charge in [-0.25, -0.2) is 4.98 Å². The molecule has 0 spiro atoms. The Bertz CT molecular complexity index is 399. The molecule has 2 rings (SSSR count). The summed E-state index contributed by atoms with van der Waals surface area (Å²) < 4.78 is 2.26. The molecule has 3 unspecified atom stereocenters. The van der Waals surface area contributed by atoms with E-state index in [4.69, 9.17) is 5.73 Å². The normalized spacial score (nSPS) is 26.2. The third-order valence-electron chi connectivity index (χ3n) is 4.50. The average Bonchev–Trinajstić information content (AvgIpc) is 2.99. The molecule has 1 aromatic heterocycles. The summed E-state index contributed by atoms with van der Waals surface area (Å²) in [6.45, 7) is 9.67.